The summed E-state index contributed by atoms with van der Waals surface area (Å²) >= 11 is 2.29. The predicted molar refractivity (Wildman–Crippen MR) is 93.5 cm³/mol. The molecule has 2 aliphatic rings. The van der Waals surface area contributed by atoms with Crippen LogP contribution in [0, 0.1) is 16.4 Å². The van der Waals surface area contributed by atoms with Crippen LogP contribution in [0.25, 0.3) is 0 Å². The summed E-state index contributed by atoms with van der Waals surface area (Å²) in [5.41, 5.74) is 2.04. The maximum Gasteiger partial charge on any atom is 0.238 e. The van der Waals surface area contributed by atoms with Crippen molar-refractivity contribution in [1.82, 2.24) is 10.2 Å². The van der Waals surface area contributed by atoms with E-state index in [0.29, 0.717) is 12.6 Å². The minimum Gasteiger partial charge on any atom is -0.325 e. The zero-order valence-corrected chi connectivity index (χ0v) is 14.5. The van der Waals surface area contributed by atoms with Crippen molar-refractivity contribution in [2.24, 2.45) is 5.92 Å². The van der Waals surface area contributed by atoms with Gasteiger partial charge >= 0.3 is 0 Å². The average molecular weight is 399 g/mol. The van der Waals surface area contributed by atoms with E-state index in [2.05, 4.69) is 44.2 Å². The van der Waals surface area contributed by atoms with Crippen LogP contribution in [0.4, 0.5) is 5.69 Å². The van der Waals surface area contributed by atoms with Gasteiger partial charge in [0.2, 0.25) is 5.91 Å². The van der Waals surface area contributed by atoms with E-state index in [1.54, 1.807) is 0 Å². The summed E-state index contributed by atoms with van der Waals surface area (Å²) in [4.78, 5) is 14.5. The lowest BCUT2D eigenvalue weighted by Crippen LogP contribution is -2.41. The second-order valence-electron chi connectivity index (χ2n) is 6.16. The smallest absolute Gasteiger partial charge is 0.238 e. The lowest BCUT2D eigenvalue weighted by Gasteiger charge is -2.24. The number of carbonyl (C=O) groups is 1. The summed E-state index contributed by atoms with van der Waals surface area (Å²) in [5, 5.41) is 6.62. The van der Waals surface area contributed by atoms with Gasteiger partial charge in [0.1, 0.15) is 0 Å². The molecule has 114 valence electrons. The van der Waals surface area contributed by atoms with E-state index >= 15 is 0 Å². The summed E-state index contributed by atoms with van der Waals surface area (Å²) in [6, 6.07) is 6.69. The summed E-state index contributed by atoms with van der Waals surface area (Å²) in [7, 11) is 0. The van der Waals surface area contributed by atoms with Gasteiger partial charge in [0.25, 0.3) is 0 Å². The van der Waals surface area contributed by atoms with Crippen molar-refractivity contribution >= 4 is 34.2 Å². The van der Waals surface area contributed by atoms with Gasteiger partial charge in [-0.25, -0.2) is 0 Å². The first-order valence-electron chi connectivity index (χ1n) is 7.63. The molecule has 2 heterocycles. The minimum absolute atomic E-state index is 0.0953. The number of aryl methyl sites for hydroxylation is 1. The van der Waals surface area contributed by atoms with Gasteiger partial charge in [0.15, 0.2) is 0 Å². The number of halogens is 1. The highest BCUT2D eigenvalue weighted by Gasteiger charge is 2.34. The Morgan fingerprint density at radius 1 is 1.48 bits per heavy atom. The van der Waals surface area contributed by atoms with Gasteiger partial charge in [0.05, 0.1) is 6.54 Å². The van der Waals surface area contributed by atoms with E-state index in [9.17, 15) is 4.79 Å². The van der Waals surface area contributed by atoms with E-state index in [1.165, 1.54) is 16.4 Å². The molecule has 0 saturated carbocycles. The van der Waals surface area contributed by atoms with Gasteiger partial charge in [-0.05, 0) is 78.6 Å². The Bertz CT molecular complexity index is 520. The van der Waals surface area contributed by atoms with Crippen molar-refractivity contribution in [1.29, 1.82) is 0 Å². The van der Waals surface area contributed by atoms with Crippen LogP contribution >= 0.6 is 22.6 Å². The molecule has 5 heteroatoms. The Kier molecular flexibility index (Phi) is 4.81. The molecule has 2 aliphatic heterocycles. The monoisotopic (exact) mass is 399 g/mol. The summed E-state index contributed by atoms with van der Waals surface area (Å²) in [5.74, 6) is 0.824. The number of nitrogens with one attached hydrogen (secondary N) is 2. The fourth-order valence-electron chi connectivity index (χ4n) is 3.43. The number of piperidine rings is 1. The lowest BCUT2D eigenvalue weighted by molar-refractivity contribution is -0.117. The molecule has 1 amide bonds. The predicted octanol–water partition coefficient (Wildman–Crippen LogP) is 2.22. The Labute approximate surface area is 139 Å². The van der Waals surface area contributed by atoms with Gasteiger partial charge in [0, 0.05) is 28.4 Å². The van der Waals surface area contributed by atoms with Crippen LogP contribution in [-0.2, 0) is 4.79 Å². The molecule has 2 unspecified atom stereocenters. The van der Waals surface area contributed by atoms with E-state index in [1.807, 2.05) is 19.1 Å². The van der Waals surface area contributed by atoms with Crippen molar-refractivity contribution in [2.75, 3.05) is 31.5 Å². The third-order valence-electron chi connectivity index (χ3n) is 4.50. The Morgan fingerprint density at radius 2 is 2.33 bits per heavy atom. The van der Waals surface area contributed by atoms with Crippen LogP contribution in [0.3, 0.4) is 0 Å². The van der Waals surface area contributed by atoms with E-state index < -0.39 is 0 Å². The molecule has 21 heavy (non-hydrogen) atoms. The average Bonchev–Trinajstić information content (AvgIpc) is 2.84. The number of hydrogen-bond acceptors (Lipinski definition) is 3. The number of fused-ring (bicyclic) bond motifs is 1. The first kappa shape index (κ1) is 15.2. The lowest BCUT2D eigenvalue weighted by atomic mass is 9.94. The van der Waals surface area contributed by atoms with Gasteiger partial charge in [-0.3, -0.25) is 9.69 Å². The van der Waals surface area contributed by atoms with Crippen LogP contribution in [0.5, 0.6) is 0 Å². The van der Waals surface area contributed by atoms with Crippen molar-refractivity contribution in [3.63, 3.8) is 0 Å². The molecular weight excluding hydrogens is 377 g/mol. The molecule has 0 radical (unpaired) electrons. The SMILES string of the molecule is Cc1cc(I)ccc1NC(=O)CN1CC2CCCNC2C1. The highest BCUT2D eigenvalue weighted by molar-refractivity contribution is 14.1. The molecule has 2 saturated heterocycles. The van der Waals surface area contributed by atoms with Crippen LogP contribution in [0.1, 0.15) is 18.4 Å². The molecule has 2 N–H and O–H groups in total. The normalized spacial score (nSPS) is 25.6. The van der Waals surface area contributed by atoms with Gasteiger partial charge < -0.3 is 10.6 Å². The number of amides is 1. The third kappa shape index (κ3) is 3.76. The maximum atomic E-state index is 12.2. The standard InChI is InChI=1S/C16H22IN3O/c1-11-7-13(17)4-5-14(11)19-16(21)10-20-8-12-3-2-6-18-15(12)9-20/h4-5,7,12,15,18H,2-3,6,8-10H2,1H3,(H,19,21). The zero-order chi connectivity index (χ0) is 14.8. The van der Waals surface area contributed by atoms with E-state index in [-0.39, 0.29) is 5.91 Å². The first-order valence-corrected chi connectivity index (χ1v) is 8.71. The Morgan fingerprint density at radius 3 is 3.10 bits per heavy atom. The van der Waals surface area contributed by atoms with E-state index in [4.69, 9.17) is 0 Å². The molecule has 2 atom stereocenters. The molecule has 1 aromatic carbocycles. The first-order chi connectivity index (χ1) is 10.1. The molecule has 4 nitrogen and oxygen atoms in total. The summed E-state index contributed by atoms with van der Waals surface area (Å²) in [6.07, 6.45) is 2.56. The quantitative estimate of drug-likeness (QED) is 0.767. The topological polar surface area (TPSA) is 44.4 Å². The molecular formula is C16H22IN3O. The fraction of sp³-hybridized carbons (Fsp3) is 0.562. The zero-order valence-electron chi connectivity index (χ0n) is 12.4. The van der Waals surface area contributed by atoms with Crippen LogP contribution < -0.4 is 10.6 Å². The summed E-state index contributed by atoms with van der Waals surface area (Å²) < 4.78 is 1.19. The number of rotatable bonds is 3. The Hall–Kier alpha value is -0.660. The molecule has 0 aliphatic carbocycles. The van der Waals surface area contributed by atoms with E-state index in [0.717, 1.165) is 36.8 Å². The van der Waals surface area contributed by atoms with Crippen LogP contribution in [-0.4, -0.2) is 43.0 Å². The molecule has 1 aromatic rings. The van der Waals surface area contributed by atoms with Gasteiger partial charge in [-0.2, -0.15) is 0 Å². The van der Waals surface area contributed by atoms with Crippen molar-refractivity contribution < 1.29 is 4.79 Å². The van der Waals surface area contributed by atoms with Gasteiger partial charge in [-0.15, -0.1) is 0 Å². The van der Waals surface area contributed by atoms with Crippen molar-refractivity contribution in [2.45, 2.75) is 25.8 Å². The highest BCUT2D eigenvalue weighted by atomic mass is 127. The molecule has 0 spiro atoms. The molecule has 0 bridgehead atoms. The Balaban J connectivity index is 1.55. The highest BCUT2D eigenvalue weighted by Crippen LogP contribution is 2.24. The van der Waals surface area contributed by atoms with Crippen LogP contribution in [0.15, 0.2) is 18.2 Å². The van der Waals surface area contributed by atoms with Gasteiger partial charge in [-0.1, -0.05) is 0 Å². The number of likely N-dealkylation sites (tertiary alicyclic amines) is 1. The second-order valence-corrected chi connectivity index (χ2v) is 7.41. The number of benzene rings is 1. The number of nitrogens with zero attached hydrogens (tertiary/aromatic N) is 1. The number of hydrogen-bond donors (Lipinski definition) is 2. The number of anilines is 1. The fourth-order valence-corrected chi connectivity index (χ4v) is 4.07. The second kappa shape index (κ2) is 6.62. The van der Waals surface area contributed by atoms with Crippen molar-refractivity contribution in [3.05, 3.63) is 27.3 Å². The number of carbonyl (C=O) groups excluding carboxylic acids is 1. The maximum absolute atomic E-state index is 12.2. The molecule has 2 fully saturated rings. The minimum atomic E-state index is 0.0953. The largest absolute Gasteiger partial charge is 0.325 e. The van der Waals surface area contributed by atoms with Crippen LogP contribution in [0.2, 0.25) is 0 Å². The molecule has 0 aromatic heterocycles. The molecule has 3 rings (SSSR count). The van der Waals surface area contributed by atoms with Crippen molar-refractivity contribution in [3.8, 4) is 0 Å². The summed E-state index contributed by atoms with van der Waals surface area (Å²) in [6.45, 7) is 5.72. The third-order valence-corrected chi connectivity index (χ3v) is 5.18.